The lowest BCUT2D eigenvalue weighted by Crippen LogP contribution is -2.39. The summed E-state index contributed by atoms with van der Waals surface area (Å²) in [6.07, 6.45) is 2.75. The molecule has 20 heavy (non-hydrogen) atoms. The van der Waals surface area contributed by atoms with E-state index in [1.165, 1.54) is 0 Å². The molecule has 2 aliphatic rings. The third-order valence-corrected chi connectivity index (χ3v) is 3.82. The van der Waals surface area contributed by atoms with E-state index in [0.717, 1.165) is 22.4 Å². The molecule has 0 aliphatic carbocycles. The van der Waals surface area contributed by atoms with Gasteiger partial charge < -0.3 is 10.0 Å². The molecule has 4 heteroatoms. The van der Waals surface area contributed by atoms with E-state index in [9.17, 15) is 14.7 Å². The van der Waals surface area contributed by atoms with Gasteiger partial charge in [0.25, 0.3) is 0 Å². The van der Waals surface area contributed by atoms with Crippen LogP contribution in [-0.4, -0.2) is 28.4 Å². The minimum Gasteiger partial charge on any atom is -0.478 e. The molecule has 3 rings (SSSR count). The van der Waals surface area contributed by atoms with Crippen molar-refractivity contribution in [1.29, 1.82) is 0 Å². The van der Waals surface area contributed by atoms with Crippen molar-refractivity contribution in [2.75, 3.05) is 6.54 Å². The van der Waals surface area contributed by atoms with E-state index >= 15 is 0 Å². The Balaban J connectivity index is 2.24. The summed E-state index contributed by atoms with van der Waals surface area (Å²) in [6, 6.07) is 7.83. The number of hydrogen-bond acceptors (Lipinski definition) is 2. The van der Waals surface area contributed by atoms with Gasteiger partial charge >= 0.3 is 5.97 Å². The number of carboxylic acids is 1. The summed E-state index contributed by atoms with van der Waals surface area (Å²) in [4.78, 5) is 25.1. The van der Waals surface area contributed by atoms with Crippen molar-refractivity contribution in [3.63, 3.8) is 0 Å². The molecule has 0 atom stereocenters. The van der Waals surface area contributed by atoms with Gasteiger partial charge in [0.15, 0.2) is 0 Å². The molecule has 0 fully saturated rings. The molecule has 2 heterocycles. The van der Waals surface area contributed by atoms with Crippen LogP contribution in [0, 0.1) is 0 Å². The smallest absolute Gasteiger partial charge is 0.333 e. The number of fused-ring (bicyclic) bond motifs is 3. The third-order valence-electron chi connectivity index (χ3n) is 3.82. The second-order valence-electron chi connectivity index (χ2n) is 5.02. The normalized spacial score (nSPS) is 17.6. The number of allylic oxidation sites excluding steroid dienone is 2. The number of nitrogens with zero attached hydrogens (tertiary/aromatic N) is 1. The number of aliphatic carboxylic acids is 1. The first kappa shape index (κ1) is 12.7. The van der Waals surface area contributed by atoms with Gasteiger partial charge in [0.1, 0.15) is 0 Å². The number of amides is 1. The molecular formula is C16H15NO3. The summed E-state index contributed by atoms with van der Waals surface area (Å²) in [5.41, 5.74) is 4.13. The van der Waals surface area contributed by atoms with Crippen LogP contribution in [0.2, 0.25) is 0 Å². The predicted octanol–water partition coefficient (Wildman–Crippen LogP) is 2.22. The van der Waals surface area contributed by atoms with Crippen molar-refractivity contribution in [3.05, 3.63) is 52.6 Å². The number of benzene rings is 1. The highest BCUT2D eigenvalue weighted by atomic mass is 16.4. The van der Waals surface area contributed by atoms with Gasteiger partial charge in [-0.15, -0.1) is 0 Å². The van der Waals surface area contributed by atoms with Gasteiger partial charge in [-0.25, -0.2) is 4.79 Å². The SMILES string of the molecule is CCC1=C2c3ccccc3CC(=O)N2CC(C(=O)O)=C1. The molecule has 1 N–H and O–H groups in total. The van der Waals surface area contributed by atoms with E-state index in [4.69, 9.17) is 0 Å². The zero-order valence-electron chi connectivity index (χ0n) is 11.2. The van der Waals surface area contributed by atoms with Crippen LogP contribution < -0.4 is 0 Å². The summed E-state index contributed by atoms with van der Waals surface area (Å²) in [5, 5.41) is 9.19. The number of hydrogen-bond donors (Lipinski definition) is 1. The fraction of sp³-hybridized carbons (Fsp3) is 0.250. The molecule has 2 aliphatic heterocycles. The molecule has 0 saturated carbocycles. The summed E-state index contributed by atoms with van der Waals surface area (Å²) < 4.78 is 0. The standard InChI is InChI=1S/C16H15NO3/c1-2-10-7-12(16(19)20)9-17-14(18)8-11-5-3-4-6-13(11)15(10)17/h3-7H,2,8-9H2,1H3,(H,19,20). The van der Waals surface area contributed by atoms with E-state index in [2.05, 4.69) is 0 Å². The molecule has 0 spiro atoms. The van der Waals surface area contributed by atoms with Gasteiger partial charge in [0.05, 0.1) is 24.2 Å². The van der Waals surface area contributed by atoms with E-state index < -0.39 is 5.97 Å². The molecule has 0 radical (unpaired) electrons. The van der Waals surface area contributed by atoms with Crippen LogP contribution in [0.15, 0.2) is 41.5 Å². The minimum atomic E-state index is -0.957. The highest BCUT2D eigenvalue weighted by Crippen LogP contribution is 2.36. The maximum atomic E-state index is 12.3. The van der Waals surface area contributed by atoms with Gasteiger partial charge in [0.2, 0.25) is 5.91 Å². The van der Waals surface area contributed by atoms with Crippen molar-refractivity contribution in [2.45, 2.75) is 19.8 Å². The first-order valence-electron chi connectivity index (χ1n) is 6.67. The Labute approximate surface area is 117 Å². The zero-order valence-corrected chi connectivity index (χ0v) is 11.2. The molecule has 4 nitrogen and oxygen atoms in total. The molecule has 0 saturated heterocycles. The number of carboxylic acid groups (broad SMARTS) is 1. The molecule has 0 aromatic heterocycles. The Morgan fingerprint density at radius 1 is 1.35 bits per heavy atom. The van der Waals surface area contributed by atoms with Crippen molar-refractivity contribution in [1.82, 2.24) is 4.90 Å². The van der Waals surface area contributed by atoms with Crippen molar-refractivity contribution in [2.24, 2.45) is 0 Å². The summed E-state index contributed by atoms with van der Waals surface area (Å²) in [5.74, 6) is -0.988. The van der Waals surface area contributed by atoms with Crippen LogP contribution >= 0.6 is 0 Å². The molecule has 1 aromatic carbocycles. The highest BCUT2D eigenvalue weighted by Gasteiger charge is 2.33. The number of carbonyl (C=O) groups is 2. The lowest BCUT2D eigenvalue weighted by atomic mass is 9.89. The van der Waals surface area contributed by atoms with Crippen LogP contribution in [0.3, 0.4) is 0 Å². The lowest BCUT2D eigenvalue weighted by molar-refractivity contribution is -0.133. The lowest BCUT2D eigenvalue weighted by Gasteiger charge is -2.35. The largest absolute Gasteiger partial charge is 0.478 e. The van der Waals surface area contributed by atoms with Gasteiger partial charge in [-0.2, -0.15) is 0 Å². The van der Waals surface area contributed by atoms with Gasteiger partial charge in [-0.1, -0.05) is 31.2 Å². The first-order chi connectivity index (χ1) is 9.61. The highest BCUT2D eigenvalue weighted by molar-refractivity contribution is 5.99. The van der Waals surface area contributed by atoms with E-state index in [-0.39, 0.29) is 18.0 Å². The van der Waals surface area contributed by atoms with E-state index in [1.807, 2.05) is 31.2 Å². The average Bonchev–Trinajstić information content (AvgIpc) is 2.46. The molecule has 0 bridgehead atoms. The Morgan fingerprint density at radius 2 is 2.10 bits per heavy atom. The monoisotopic (exact) mass is 269 g/mol. The van der Waals surface area contributed by atoms with Crippen molar-refractivity contribution in [3.8, 4) is 0 Å². The predicted molar refractivity (Wildman–Crippen MR) is 74.8 cm³/mol. The minimum absolute atomic E-state index is 0.0310. The van der Waals surface area contributed by atoms with Crippen LogP contribution in [-0.2, 0) is 16.0 Å². The summed E-state index contributed by atoms with van der Waals surface area (Å²) in [7, 11) is 0. The maximum Gasteiger partial charge on any atom is 0.333 e. The molecule has 1 amide bonds. The Morgan fingerprint density at radius 3 is 2.80 bits per heavy atom. The van der Waals surface area contributed by atoms with Crippen LogP contribution in [0.4, 0.5) is 0 Å². The Bertz CT molecular complexity index is 670. The fourth-order valence-corrected chi connectivity index (χ4v) is 2.84. The molecular weight excluding hydrogens is 254 g/mol. The number of carbonyl (C=O) groups excluding carboxylic acids is 1. The average molecular weight is 269 g/mol. The van der Waals surface area contributed by atoms with Crippen LogP contribution in [0.25, 0.3) is 5.70 Å². The fourth-order valence-electron chi connectivity index (χ4n) is 2.84. The van der Waals surface area contributed by atoms with E-state index in [1.54, 1.807) is 11.0 Å². The maximum absolute atomic E-state index is 12.3. The third kappa shape index (κ3) is 1.84. The Kier molecular flexibility index (Phi) is 2.93. The number of rotatable bonds is 2. The van der Waals surface area contributed by atoms with Gasteiger partial charge in [-0.05, 0) is 23.6 Å². The first-order valence-corrected chi connectivity index (χ1v) is 6.67. The van der Waals surface area contributed by atoms with Crippen LogP contribution in [0.1, 0.15) is 24.5 Å². The van der Waals surface area contributed by atoms with Crippen molar-refractivity contribution < 1.29 is 14.7 Å². The van der Waals surface area contributed by atoms with Gasteiger partial charge in [-0.3, -0.25) is 4.79 Å². The second kappa shape index (κ2) is 4.63. The summed E-state index contributed by atoms with van der Waals surface area (Å²) in [6.45, 7) is 2.13. The molecule has 1 aromatic rings. The van der Waals surface area contributed by atoms with E-state index in [0.29, 0.717) is 12.8 Å². The second-order valence-corrected chi connectivity index (χ2v) is 5.02. The Hall–Kier alpha value is -2.36. The quantitative estimate of drug-likeness (QED) is 0.895. The molecule has 0 unspecified atom stereocenters. The van der Waals surface area contributed by atoms with Gasteiger partial charge in [0, 0.05) is 5.56 Å². The van der Waals surface area contributed by atoms with Crippen molar-refractivity contribution >= 4 is 17.6 Å². The topological polar surface area (TPSA) is 57.6 Å². The molecule has 102 valence electrons. The zero-order chi connectivity index (χ0) is 14.3. The summed E-state index contributed by atoms with van der Waals surface area (Å²) >= 11 is 0. The van der Waals surface area contributed by atoms with Crippen LogP contribution in [0.5, 0.6) is 0 Å².